The third-order valence-corrected chi connectivity index (χ3v) is 18.9. The van der Waals surface area contributed by atoms with Gasteiger partial charge in [-0.1, -0.05) is 164 Å². The SMILES string of the molecule is C.C.CC(C)(C)[O-].COc1ccc2c(c1)CCC1=C3C=CC(=O)[C@@]3(C)CC[C@]12C.Cc1ccc2c(c1)CCC(=O)[C@@]2(C)CC[C@@]1(C)CC=CC1=O.Cc1ccc2c(c1)CCC(=O)[C@@]2(C)CC[C@@]1(C)C[C@@H](O)CC1=O.Cc1ccccc1.[B].[K+]. The van der Waals surface area contributed by atoms with Crippen LogP contribution in [0.1, 0.15) is 204 Å². The average molecular weight is 1150 g/mol. The fraction of sp³-hybridized carbons (Fsp3) is 0.521. The number of fused-ring (bicyclic) bond motifs is 6. The molecule has 0 heterocycles. The van der Waals surface area contributed by atoms with Gasteiger partial charge in [0.25, 0.3) is 0 Å². The van der Waals surface area contributed by atoms with Crippen LogP contribution in [0.15, 0.2) is 120 Å². The zero-order valence-corrected chi connectivity index (χ0v) is 54.6. The summed E-state index contributed by atoms with van der Waals surface area (Å²) in [6, 6.07) is 29.5. The molecular formula is C73H97BKO8. The van der Waals surface area contributed by atoms with E-state index in [2.05, 4.69) is 114 Å². The molecule has 0 saturated heterocycles. The minimum Gasteiger partial charge on any atom is -0.850 e. The number of methoxy groups -OCH3 is 1. The molecule has 11 rings (SSSR count). The molecule has 441 valence electrons. The molecule has 3 radical (unpaired) electrons. The van der Waals surface area contributed by atoms with E-state index >= 15 is 0 Å². The summed E-state index contributed by atoms with van der Waals surface area (Å²) in [5.74, 6) is 2.19. The molecule has 4 aromatic rings. The molecule has 7 aliphatic rings. The molecule has 8 nitrogen and oxygen atoms in total. The normalized spacial score (nSPS) is 27.6. The van der Waals surface area contributed by atoms with Crippen molar-refractivity contribution in [3.63, 3.8) is 0 Å². The third kappa shape index (κ3) is 16.3. The van der Waals surface area contributed by atoms with E-state index in [0.717, 1.165) is 69.1 Å². The molecule has 0 spiro atoms. The molecule has 0 aromatic heterocycles. The van der Waals surface area contributed by atoms with Crippen LogP contribution in [0.2, 0.25) is 0 Å². The van der Waals surface area contributed by atoms with E-state index in [1.54, 1.807) is 40.0 Å². The Hall–Kier alpha value is -4.13. The van der Waals surface area contributed by atoms with Gasteiger partial charge in [-0.05, 0) is 182 Å². The maximum Gasteiger partial charge on any atom is 1.00 e. The number of ketones is 5. The summed E-state index contributed by atoms with van der Waals surface area (Å²) >= 11 is 0. The van der Waals surface area contributed by atoms with Gasteiger partial charge in [-0.3, -0.25) is 24.0 Å². The Morgan fingerprint density at radius 2 is 1.05 bits per heavy atom. The Labute approximate surface area is 544 Å². The maximum absolute atomic E-state index is 12.7. The fourth-order valence-corrected chi connectivity index (χ4v) is 13.5. The van der Waals surface area contributed by atoms with E-state index in [1.807, 2.05) is 45.0 Å². The Morgan fingerprint density at radius 1 is 0.566 bits per heavy atom. The second kappa shape index (κ2) is 29.0. The number of ether oxygens (including phenoxy) is 1. The number of carbonyl (C=O) groups excluding carboxylic acids is 5. The number of benzene rings is 4. The Morgan fingerprint density at radius 3 is 1.51 bits per heavy atom. The minimum atomic E-state index is -0.750. The quantitative estimate of drug-likeness (QED) is 0.181. The molecular weight excluding hydrogens is 1050 g/mol. The van der Waals surface area contributed by atoms with Crippen molar-refractivity contribution >= 4 is 37.3 Å². The first-order chi connectivity index (χ1) is 37.0. The van der Waals surface area contributed by atoms with Crippen molar-refractivity contribution in [3.05, 3.63) is 170 Å². The van der Waals surface area contributed by atoms with Gasteiger partial charge in [0.1, 0.15) is 23.1 Å². The molecule has 1 fully saturated rings. The van der Waals surface area contributed by atoms with Gasteiger partial charge in [0.15, 0.2) is 11.6 Å². The van der Waals surface area contributed by atoms with E-state index in [0.29, 0.717) is 37.9 Å². The summed E-state index contributed by atoms with van der Waals surface area (Å²) in [6.45, 7) is 23.7. The first kappa shape index (κ1) is 73.1. The average Bonchev–Trinajstić information content (AvgIpc) is 2.85. The van der Waals surface area contributed by atoms with Crippen molar-refractivity contribution in [1.29, 1.82) is 0 Å². The standard InChI is InChI=1S/C20H26O3.C20H22O2.C20H24O2.C7H8.C4H9O.2CH4.B.K/c1-13-4-6-16-14(10-13)5-7-17(22)20(16,3)9-8-19(2)12-15(21)11-18(19)23;1-19-10-11-20(2)17(8-9-18(20)21)16(19)6-4-13-12-14(22-3)5-7-15(13)19;1-14-6-8-16-15(13-14)7-9-18(22)20(16,3)12-11-19(2)10-4-5-17(19)21;1-7-5-3-2-4-6-7;1-4(2,3)5;;;;/h4,6,10,15,21H,5,7-9,11-12H2,1-3H3;5,7-9,12H,4,6,10-11H2,1-3H3;4-6,8,13H,7,9-12H2,1-3H3;2-6H,1H3;1-3H3;2*1H4;;/q;;;;-1;;;;+1/t15-,19-,20-;19-,20-;19-,20+;;;;;;/m001....../s1. The number of aliphatic hydroxyl groups is 1. The van der Waals surface area contributed by atoms with E-state index in [4.69, 9.17) is 4.74 Å². The zero-order valence-electron chi connectivity index (χ0n) is 51.5. The molecule has 0 aliphatic heterocycles. The summed E-state index contributed by atoms with van der Waals surface area (Å²) in [5.41, 5.74) is 11.6. The van der Waals surface area contributed by atoms with Crippen molar-refractivity contribution in [2.45, 2.75) is 222 Å². The number of aryl methyl sites for hydroxylation is 6. The van der Waals surface area contributed by atoms with Crippen LogP contribution < -0.4 is 61.2 Å². The second-order valence-corrected chi connectivity index (χ2v) is 26.5. The molecule has 0 unspecified atom stereocenters. The first-order valence-corrected chi connectivity index (χ1v) is 29.0. The van der Waals surface area contributed by atoms with Crippen LogP contribution >= 0.6 is 0 Å². The van der Waals surface area contributed by atoms with Gasteiger partial charge in [0.05, 0.1) is 29.5 Å². The van der Waals surface area contributed by atoms with Gasteiger partial charge in [-0.25, -0.2) is 0 Å². The van der Waals surface area contributed by atoms with Crippen LogP contribution in [0.3, 0.4) is 0 Å². The van der Waals surface area contributed by atoms with Gasteiger partial charge < -0.3 is 14.9 Å². The number of rotatable bonds is 7. The Balaban J connectivity index is 0.000000290. The summed E-state index contributed by atoms with van der Waals surface area (Å²) in [5, 5.41) is 19.9. The van der Waals surface area contributed by atoms with Gasteiger partial charge in [-0.2, -0.15) is 0 Å². The summed E-state index contributed by atoms with van der Waals surface area (Å²) < 4.78 is 5.38. The van der Waals surface area contributed by atoms with E-state index in [9.17, 15) is 34.2 Å². The van der Waals surface area contributed by atoms with Crippen LogP contribution in [0.25, 0.3) is 0 Å². The van der Waals surface area contributed by atoms with Crippen LogP contribution in [0.4, 0.5) is 0 Å². The first-order valence-electron chi connectivity index (χ1n) is 29.0. The molecule has 7 atom stereocenters. The Kier molecular flexibility index (Phi) is 25.6. The molecule has 10 heteroatoms. The smallest absolute Gasteiger partial charge is 0.850 e. The summed E-state index contributed by atoms with van der Waals surface area (Å²) in [7, 11) is 1.72. The topological polar surface area (TPSA) is 138 Å². The van der Waals surface area contributed by atoms with Crippen molar-refractivity contribution in [2.75, 3.05) is 7.11 Å². The Bertz CT molecular complexity index is 3070. The summed E-state index contributed by atoms with van der Waals surface area (Å²) in [4.78, 5) is 61.9. The third-order valence-electron chi connectivity index (χ3n) is 18.9. The summed E-state index contributed by atoms with van der Waals surface area (Å²) in [6.07, 6.45) is 18.4. The van der Waals surface area contributed by atoms with Gasteiger partial charge in [0, 0.05) is 43.9 Å². The van der Waals surface area contributed by atoms with Crippen molar-refractivity contribution in [2.24, 2.45) is 16.2 Å². The largest absolute Gasteiger partial charge is 1.00 e. The monoisotopic (exact) mass is 1150 g/mol. The van der Waals surface area contributed by atoms with Gasteiger partial charge >= 0.3 is 51.4 Å². The maximum atomic E-state index is 12.7. The molecule has 0 bridgehead atoms. The van der Waals surface area contributed by atoms with Crippen LogP contribution in [0, 0.1) is 37.0 Å². The molecule has 4 aromatic carbocycles. The van der Waals surface area contributed by atoms with Crippen LogP contribution in [0.5, 0.6) is 5.75 Å². The van der Waals surface area contributed by atoms with Crippen LogP contribution in [-0.4, -0.2) is 61.3 Å². The minimum absolute atomic E-state index is 0. The molecule has 1 saturated carbocycles. The zero-order chi connectivity index (χ0) is 57.9. The van der Waals surface area contributed by atoms with Crippen LogP contribution in [-0.2, 0) is 59.5 Å². The predicted octanol–water partition coefficient (Wildman–Crippen LogP) is 11.5. The second-order valence-electron chi connectivity index (χ2n) is 26.5. The van der Waals surface area contributed by atoms with Crippen molar-refractivity contribution < 1.29 is 90.3 Å². The van der Waals surface area contributed by atoms with E-state index in [-0.39, 0.29) is 120 Å². The number of carbonyl (C=O) groups is 5. The fourth-order valence-electron chi connectivity index (χ4n) is 13.5. The molecule has 83 heavy (non-hydrogen) atoms. The number of Topliss-reactive ketones (excluding diaryl/α,β-unsaturated/α-hetero) is 3. The van der Waals surface area contributed by atoms with Gasteiger partial charge in [-0.15, -0.1) is 5.60 Å². The predicted molar refractivity (Wildman–Crippen MR) is 335 cm³/mol. The van der Waals surface area contributed by atoms with E-state index < -0.39 is 27.9 Å². The van der Waals surface area contributed by atoms with Gasteiger partial charge in [0.2, 0.25) is 0 Å². The molecule has 0 amide bonds. The number of hydrogen-bond donors (Lipinski definition) is 1. The van der Waals surface area contributed by atoms with Crippen molar-refractivity contribution in [3.8, 4) is 5.75 Å². The number of allylic oxidation sites excluding steroid dienone is 6. The molecule has 7 aliphatic carbocycles. The van der Waals surface area contributed by atoms with Crippen molar-refractivity contribution in [1.82, 2.24) is 0 Å². The molecule has 1 N–H and O–H groups in total. The number of hydrogen-bond acceptors (Lipinski definition) is 8. The number of aliphatic hydroxyl groups excluding tert-OH is 1. The van der Waals surface area contributed by atoms with E-state index in [1.165, 1.54) is 55.7 Å².